The third kappa shape index (κ3) is 22.4. The monoisotopic (exact) mass is 633 g/mol. The average molecular weight is 633 g/mol. The predicted molar refractivity (Wildman–Crippen MR) is 110 cm³/mol. The molecular weight excluding hydrogens is 615 g/mol. The molecule has 2 aromatic heterocycles. The molecule has 2 heterocycles. The Kier molecular flexibility index (Phi) is 18.6. The summed E-state index contributed by atoms with van der Waals surface area (Å²) in [6.07, 6.45) is -17.9. The van der Waals surface area contributed by atoms with Crippen molar-refractivity contribution < 1.29 is 88.9 Å². The number of rotatable bonds is 4. The first-order valence-corrected chi connectivity index (χ1v) is 9.28. The number of halogens is 12. The number of pyridine rings is 2. The van der Waals surface area contributed by atoms with Crippen molar-refractivity contribution in [1.29, 1.82) is 0 Å². The second-order valence-electron chi connectivity index (χ2n) is 6.18. The van der Waals surface area contributed by atoms with Crippen molar-refractivity contribution in [1.82, 2.24) is 9.97 Å². The van der Waals surface area contributed by atoms with Crippen LogP contribution in [-0.2, 0) is 17.1 Å². The van der Waals surface area contributed by atoms with Gasteiger partial charge in [-0.25, -0.2) is 0 Å². The Labute approximate surface area is 221 Å². The van der Waals surface area contributed by atoms with Crippen molar-refractivity contribution >= 4 is 23.1 Å². The SMILES string of the molecule is [Mn].[OH+]=C(CC(=[OH+])C(F)(F)F)C(F)(F)F.[OH+]=C(CC(=[OH+])C(F)(F)F)C(F)(F)F.c1ccncc1.c1ccncc1. The van der Waals surface area contributed by atoms with Gasteiger partial charge in [-0.05, 0) is 24.3 Å². The van der Waals surface area contributed by atoms with Crippen molar-refractivity contribution in [2.24, 2.45) is 0 Å². The van der Waals surface area contributed by atoms with Gasteiger partial charge in [-0.3, -0.25) is 29.1 Å². The van der Waals surface area contributed by atoms with Crippen LogP contribution < -0.4 is 0 Å². The molecule has 0 saturated carbocycles. The summed E-state index contributed by atoms with van der Waals surface area (Å²) in [6, 6.07) is 11.4. The summed E-state index contributed by atoms with van der Waals surface area (Å²) in [5.41, 5.74) is 0. The molecule has 0 aliphatic heterocycles. The van der Waals surface area contributed by atoms with E-state index in [4.69, 9.17) is 19.2 Å². The van der Waals surface area contributed by atoms with E-state index in [2.05, 4.69) is 9.97 Å². The van der Waals surface area contributed by atoms with E-state index in [1.165, 1.54) is 0 Å². The fraction of sp³-hybridized carbons (Fsp3) is 0.300. The molecule has 0 spiro atoms. The number of ketones is 4. The molecule has 6 nitrogen and oxygen atoms in total. The molecular formula is C20H18F12MnN2O4+4. The van der Waals surface area contributed by atoms with Gasteiger partial charge >= 0.3 is 47.8 Å². The minimum atomic E-state index is -5.25. The number of alkyl halides is 12. The molecule has 39 heavy (non-hydrogen) atoms. The van der Waals surface area contributed by atoms with Crippen LogP contribution >= 0.6 is 0 Å². The molecule has 2 rings (SSSR count). The maximum Gasteiger partial charge on any atom is 0.505 e. The summed E-state index contributed by atoms with van der Waals surface area (Å²) in [5.74, 6) is -9.55. The zero-order valence-electron chi connectivity index (χ0n) is 18.8. The predicted octanol–water partition coefficient (Wildman–Crippen LogP) is 5.34. The van der Waals surface area contributed by atoms with Crippen molar-refractivity contribution in [3.05, 3.63) is 61.2 Å². The Morgan fingerprint density at radius 1 is 0.410 bits per heavy atom. The number of carbonyl (C=O) groups excluding carboxylic acids is 4. The quantitative estimate of drug-likeness (QED) is 0.196. The number of aromatic nitrogens is 2. The van der Waals surface area contributed by atoms with E-state index >= 15 is 0 Å². The van der Waals surface area contributed by atoms with E-state index in [1.54, 1.807) is 24.8 Å². The zero-order chi connectivity index (χ0) is 30.2. The van der Waals surface area contributed by atoms with Crippen molar-refractivity contribution in [2.45, 2.75) is 37.5 Å². The molecule has 0 amide bonds. The van der Waals surface area contributed by atoms with E-state index in [9.17, 15) is 52.7 Å². The van der Waals surface area contributed by atoms with Gasteiger partial charge in [0, 0.05) is 41.9 Å². The molecule has 19 heteroatoms. The van der Waals surface area contributed by atoms with Crippen LogP contribution in [0.15, 0.2) is 61.2 Å². The van der Waals surface area contributed by atoms with E-state index in [0.717, 1.165) is 0 Å². The second-order valence-corrected chi connectivity index (χ2v) is 6.18. The first-order valence-electron chi connectivity index (χ1n) is 9.28. The van der Waals surface area contributed by atoms with E-state index in [-0.39, 0.29) is 17.1 Å². The molecule has 0 atom stereocenters. The van der Waals surface area contributed by atoms with Gasteiger partial charge in [-0.15, -0.1) is 0 Å². The summed E-state index contributed by atoms with van der Waals surface area (Å²) >= 11 is 0. The molecule has 0 bridgehead atoms. The molecule has 1 radical (unpaired) electrons. The van der Waals surface area contributed by atoms with Crippen LogP contribution in [0.3, 0.4) is 0 Å². The molecule has 219 valence electrons. The summed E-state index contributed by atoms with van der Waals surface area (Å²) in [6.45, 7) is 0. The van der Waals surface area contributed by atoms with Crippen molar-refractivity contribution in [3.63, 3.8) is 0 Å². The third-order valence-corrected chi connectivity index (χ3v) is 3.11. The Bertz CT molecular complexity index is 811. The summed E-state index contributed by atoms with van der Waals surface area (Å²) in [7, 11) is 0. The van der Waals surface area contributed by atoms with E-state index < -0.39 is 60.7 Å². The number of nitrogens with zero attached hydrogens (tertiary/aromatic N) is 2. The van der Waals surface area contributed by atoms with E-state index in [0.29, 0.717) is 0 Å². The van der Waals surface area contributed by atoms with E-state index in [1.807, 2.05) is 36.4 Å². The summed E-state index contributed by atoms with van der Waals surface area (Å²) in [4.78, 5) is 39.7. The van der Waals surface area contributed by atoms with Gasteiger partial charge in [0.25, 0.3) is 0 Å². The second kappa shape index (κ2) is 18.0. The van der Waals surface area contributed by atoms with Crippen LogP contribution in [0.1, 0.15) is 12.8 Å². The van der Waals surface area contributed by atoms with Crippen LogP contribution in [0.4, 0.5) is 52.7 Å². The van der Waals surface area contributed by atoms with Gasteiger partial charge in [0.15, 0.2) is 12.8 Å². The molecule has 4 N–H and O–H groups in total. The largest absolute Gasteiger partial charge is 0.505 e. The van der Waals surface area contributed by atoms with Gasteiger partial charge < -0.3 is 0 Å². The first-order chi connectivity index (χ1) is 17.1. The maximum absolute atomic E-state index is 11.4. The van der Waals surface area contributed by atoms with Crippen molar-refractivity contribution in [2.75, 3.05) is 0 Å². The fourth-order valence-corrected chi connectivity index (χ4v) is 1.34. The Balaban J connectivity index is -0.000000463. The summed E-state index contributed by atoms with van der Waals surface area (Å²) < 4.78 is 137. The molecule has 0 aromatic carbocycles. The van der Waals surface area contributed by atoms with Gasteiger partial charge in [0.05, 0.1) is 0 Å². The minimum absolute atomic E-state index is 0. The molecule has 0 aliphatic carbocycles. The smallest absolute Gasteiger partial charge is 0.273 e. The zero-order valence-corrected chi connectivity index (χ0v) is 20.0. The molecule has 0 unspecified atom stereocenters. The fourth-order valence-electron chi connectivity index (χ4n) is 1.34. The topological polar surface area (TPSA) is 111 Å². The van der Waals surface area contributed by atoms with Crippen LogP contribution in [0.2, 0.25) is 0 Å². The molecule has 0 fully saturated rings. The van der Waals surface area contributed by atoms with Gasteiger partial charge in [-0.1, -0.05) is 12.1 Å². The minimum Gasteiger partial charge on any atom is -0.273 e. The van der Waals surface area contributed by atoms with Gasteiger partial charge in [0.2, 0.25) is 0 Å². The Morgan fingerprint density at radius 3 is 0.667 bits per heavy atom. The molecule has 0 saturated heterocycles. The number of hydrogen-bond donors (Lipinski definition) is 0. The van der Waals surface area contributed by atoms with Crippen LogP contribution in [0.5, 0.6) is 0 Å². The maximum atomic E-state index is 11.4. The third-order valence-electron chi connectivity index (χ3n) is 3.11. The molecule has 2 aromatic rings. The normalized spacial score (nSPS) is 11.0. The number of hydrogen-bond acceptors (Lipinski definition) is 2. The standard InChI is InChI=1S/2C5H2F6O2.2C5H5N.Mn/c2*6-4(7,8)2(12)1-3(13)5(9,10)11;2*1-2-4-6-5-3-1;/h2*1H2;2*1-5H;/p+4. The van der Waals surface area contributed by atoms with Crippen LogP contribution in [-0.4, -0.2) is 77.0 Å². The van der Waals surface area contributed by atoms with Crippen LogP contribution in [0, 0.1) is 0 Å². The molecule has 0 aliphatic rings. The van der Waals surface area contributed by atoms with Gasteiger partial charge in [0.1, 0.15) is 0 Å². The Morgan fingerprint density at radius 2 is 0.590 bits per heavy atom. The van der Waals surface area contributed by atoms with Crippen LogP contribution in [0.25, 0.3) is 0 Å². The Hall–Kier alpha value is -3.34. The summed E-state index contributed by atoms with van der Waals surface area (Å²) in [5, 5.41) is 0. The first kappa shape index (κ1) is 40.2. The average Bonchev–Trinajstić information content (AvgIpc) is 2.80. The van der Waals surface area contributed by atoms with Crippen molar-refractivity contribution in [3.8, 4) is 0 Å². The van der Waals surface area contributed by atoms with Gasteiger partial charge in [-0.2, -0.15) is 52.7 Å².